The van der Waals surface area contributed by atoms with Crippen LogP contribution in [-0.2, 0) is 16.9 Å². The summed E-state index contributed by atoms with van der Waals surface area (Å²) in [5.74, 6) is 1.18. The number of aryl methyl sites for hydroxylation is 1. The number of fused-ring (bicyclic) bond motifs is 1. The smallest absolute Gasteiger partial charge is 0.264 e. The molecule has 0 aliphatic carbocycles. The average molecular weight is 359 g/mol. The van der Waals surface area contributed by atoms with E-state index >= 15 is 0 Å². The highest BCUT2D eigenvalue weighted by Crippen LogP contribution is 2.21. The van der Waals surface area contributed by atoms with Crippen molar-refractivity contribution in [3.05, 3.63) is 22.9 Å². The molecule has 7 heteroatoms. The van der Waals surface area contributed by atoms with E-state index in [9.17, 15) is 9.59 Å². The largest absolute Gasteiger partial charge is 0.342 e. The predicted octanol–water partition coefficient (Wildman–Crippen LogP) is 2.24. The van der Waals surface area contributed by atoms with Gasteiger partial charge in [-0.2, -0.15) is 5.10 Å². The molecule has 0 radical (unpaired) electrons. The number of carbonyl (C=O) groups is 1. The third-order valence-electron chi connectivity index (χ3n) is 4.98. The van der Waals surface area contributed by atoms with Crippen molar-refractivity contribution in [1.82, 2.24) is 24.2 Å². The molecule has 0 aromatic carbocycles. The Bertz CT molecular complexity index is 851. The van der Waals surface area contributed by atoms with E-state index < -0.39 is 0 Å². The molecule has 1 saturated heterocycles. The zero-order valence-electron chi connectivity index (χ0n) is 16.4. The van der Waals surface area contributed by atoms with E-state index in [1.54, 1.807) is 10.9 Å². The van der Waals surface area contributed by atoms with E-state index in [-0.39, 0.29) is 17.0 Å². The Morgan fingerprint density at radius 3 is 2.50 bits per heavy atom. The Morgan fingerprint density at radius 1 is 1.23 bits per heavy atom. The number of piperidine rings is 1. The number of likely N-dealkylation sites (tertiary alicyclic amines) is 1. The van der Waals surface area contributed by atoms with Crippen LogP contribution < -0.4 is 5.56 Å². The number of hydrogen-bond acceptors (Lipinski definition) is 4. The van der Waals surface area contributed by atoms with Crippen LogP contribution in [0.15, 0.2) is 17.3 Å². The number of amides is 1. The van der Waals surface area contributed by atoms with Crippen molar-refractivity contribution in [2.24, 2.45) is 11.8 Å². The maximum absolute atomic E-state index is 12.7. The molecule has 2 unspecified atom stereocenters. The fraction of sp³-hybridized carbons (Fsp3) is 0.684. The van der Waals surface area contributed by atoms with Gasteiger partial charge in [-0.15, -0.1) is 0 Å². The summed E-state index contributed by atoms with van der Waals surface area (Å²) in [5.41, 5.74) is 0.202. The predicted molar refractivity (Wildman–Crippen MR) is 101 cm³/mol. The second kappa shape index (κ2) is 6.85. The number of carbonyl (C=O) groups excluding carboxylic acids is 1. The van der Waals surface area contributed by atoms with Crippen LogP contribution in [0.5, 0.6) is 0 Å². The lowest BCUT2D eigenvalue weighted by atomic mass is 9.92. The number of nitrogens with zero attached hydrogens (tertiary/aromatic N) is 5. The molecule has 2 aromatic rings. The molecule has 2 aromatic heterocycles. The molecule has 142 valence electrons. The topological polar surface area (TPSA) is 73.0 Å². The second-order valence-electron chi connectivity index (χ2n) is 8.70. The van der Waals surface area contributed by atoms with Crippen LogP contribution in [0.1, 0.15) is 47.5 Å². The lowest BCUT2D eigenvalue weighted by Crippen LogP contribution is -2.43. The Hall–Kier alpha value is -2.18. The minimum atomic E-state index is -0.245. The minimum absolute atomic E-state index is 0.112. The maximum atomic E-state index is 12.7. The quantitative estimate of drug-likeness (QED) is 0.842. The molecule has 0 N–H and O–H groups in total. The van der Waals surface area contributed by atoms with Crippen LogP contribution in [0.4, 0.5) is 0 Å². The summed E-state index contributed by atoms with van der Waals surface area (Å²) in [7, 11) is 0. The summed E-state index contributed by atoms with van der Waals surface area (Å²) in [4.78, 5) is 31.6. The maximum Gasteiger partial charge on any atom is 0.264 e. The number of aromatic nitrogens is 4. The Morgan fingerprint density at radius 2 is 1.88 bits per heavy atom. The molecule has 3 heterocycles. The molecular formula is C19H29N5O2. The average Bonchev–Trinajstić information content (AvgIpc) is 2.98. The SMILES string of the molecule is CC1CC(C)CN(C(=O)CCn2cnc3c(cnn3C(C)(C)C)c2=O)C1. The van der Waals surface area contributed by atoms with Crippen LogP contribution in [0.2, 0.25) is 0 Å². The zero-order valence-corrected chi connectivity index (χ0v) is 16.4. The van der Waals surface area contributed by atoms with Crippen molar-refractivity contribution in [3.8, 4) is 0 Å². The van der Waals surface area contributed by atoms with E-state index in [1.165, 1.54) is 17.3 Å². The lowest BCUT2D eigenvalue weighted by Gasteiger charge is -2.35. The van der Waals surface area contributed by atoms with Crippen LogP contribution in [0.25, 0.3) is 11.0 Å². The van der Waals surface area contributed by atoms with Crippen molar-refractivity contribution in [1.29, 1.82) is 0 Å². The van der Waals surface area contributed by atoms with Gasteiger partial charge in [0, 0.05) is 26.1 Å². The first kappa shape index (κ1) is 18.6. The summed E-state index contributed by atoms with van der Waals surface area (Å²) in [6.45, 7) is 12.4. The van der Waals surface area contributed by atoms with Gasteiger partial charge < -0.3 is 4.90 Å². The minimum Gasteiger partial charge on any atom is -0.342 e. The number of rotatable bonds is 3. The van der Waals surface area contributed by atoms with Crippen LogP contribution in [-0.4, -0.2) is 43.2 Å². The molecule has 1 fully saturated rings. The zero-order chi connectivity index (χ0) is 19.1. The molecule has 0 bridgehead atoms. The van der Waals surface area contributed by atoms with Crippen molar-refractivity contribution in [2.75, 3.05) is 13.1 Å². The monoisotopic (exact) mass is 359 g/mol. The molecule has 0 saturated carbocycles. The molecule has 1 aliphatic rings. The summed E-state index contributed by atoms with van der Waals surface area (Å²) >= 11 is 0. The Kier molecular flexibility index (Phi) is 4.90. The van der Waals surface area contributed by atoms with E-state index in [0.717, 1.165) is 13.1 Å². The molecule has 2 atom stereocenters. The van der Waals surface area contributed by atoms with Gasteiger partial charge in [0.2, 0.25) is 5.91 Å². The first-order valence-corrected chi connectivity index (χ1v) is 9.38. The lowest BCUT2D eigenvalue weighted by molar-refractivity contribution is -0.134. The third kappa shape index (κ3) is 3.66. The van der Waals surface area contributed by atoms with Crippen LogP contribution >= 0.6 is 0 Å². The molecule has 0 spiro atoms. The first-order chi connectivity index (χ1) is 12.2. The van der Waals surface area contributed by atoms with Gasteiger partial charge in [0.1, 0.15) is 5.39 Å². The van der Waals surface area contributed by atoms with Crippen molar-refractivity contribution < 1.29 is 4.79 Å². The highest BCUT2D eigenvalue weighted by molar-refractivity contribution is 5.76. The van der Waals surface area contributed by atoms with Gasteiger partial charge in [-0.3, -0.25) is 14.2 Å². The van der Waals surface area contributed by atoms with Crippen molar-refractivity contribution in [3.63, 3.8) is 0 Å². The molecule has 3 rings (SSSR count). The standard InChI is InChI=1S/C19H29N5O2/c1-13-8-14(2)11-23(10-13)16(25)6-7-22-12-20-17-15(18(22)26)9-21-24(17)19(3,4)5/h9,12-14H,6-8,10-11H2,1-5H3. The second-order valence-corrected chi connectivity index (χ2v) is 8.70. The number of hydrogen-bond donors (Lipinski definition) is 0. The summed E-state index contributed by atoms with van der Waals surface area (Å²) < 4.78 is 3.28. The molecular weight excluding hydrogens is 330 g/mol. The molecule has 1 amide bonds. The van der Waals surface area contributed by atoms with E-state index in [1.807, 2.05) is 25.7 Å². The fourth-order valence-corrected chi connectivity index (χ4v) is 3.84. The van der Waals surface area contributed by atoms with Crippen molar-refractivity contribution >= 4 is 16.9 Å². The van der Waals surface area contributed by atoms with Gasteiger partial charge in [0.25, 0.3) is 5.56 Å². The van der Waals surface area contributed by atoms with Gasteiger partial charge in [-0.25, -0.2) is 9.67 Å². The molecule has 7 nitrogen and oxygen atoms in total. The highest BCUT2D eigenvalue weighted by Gasteiger charge is 2.25. The molecule has 1 aliphatic heterocycles. The summed E-state index contributed by atoms with van der Waals surface area (Å²) in [6, 6.07) is 0. The van der Waals surface area contributed by atoms with E-state index in [0.29, 0.717) is 35.8 Å². The van der Waals surface area contributed by atoms with Gasteiger partial charge >= 0.3 is 0 Å². The first-order valence-electron chi connectivity index (χ1n) is 9.38. The van der Waals surface area contributed by atoms with E-state index in [2.05, 4.69) is 23.9 Å². The van der Waals surface area contributed by atoms with Gasteiger partial charge in [-0.05, 0) is 39.0 Å². The summed E-state index contributed by atoms with van der Waals surface area (Å²) in [5, 5.41) is 4.81. The normalized spacial score (nSPS) is 21.3. The Labute approximate surface area is 154 Å². The third-order valence-corrected chi connectivity index (χ3v) is 4.98. The summed E-state index contributed by atoms with van der Waals surface area (Å²) in [6.07, 6.45) is 4.59. The van der Waals surface area contributed by atoms with Gasteiger partial charge in [0.05, 0.1) is 18.1 Å². The van der Waals surface area contributed by atoms with Crippen molar-refractivity contribution in [2.45, 2.75) is 59.5 Å². The Balaban J connectivity index is 1.74. The van der Waals surface area contributed by atoms with Gasteiger partial charge in [0.15, 0.2) is 5.65 Å². The van der Waals surface area contributed by atoms with E-state index in [4.69, 9.17) is 0 Å². The van der Waals surface area contributed by atoms with Crippen LogP contribution in [0, 0.1) is 11.8 Å². The highest BCUT2D eigenvalue weighted by atomic mass is 16.2. The van der Waals surface area contributed by atoms with Gasteiger partial charge in [-0.1, -0.05) is 13.8 Å². The molecule has 26 heavy (non-hydrogen) atoms. The van der Waals surface area contributed by atoms with Crippen LogP contribution in [0.3, 0.4) is 0 Å². The fourth-order valence-electron chi connectivity index (χ4n) is 3.84.